The number of hydrogen-bond donors (Lipinski definition) is 0. The van der Waals surface area contributed by atoms with Crippen molar-refractivity contribution in [2.45, 2.75) is 20.0 Å². The van der Waals surface area contributed by atoms with Crippen molar-refractivity contribution in [2.75, 3.05) is 7.11 Å². The lowest BCUT2D eigenvalue weighted by Gasteiger charge is -2.11. The van der Waals surface area contributed by atoms with Gasteiger partial charge in [-0.05, 0) is 61.4 Å². The van der Waals surface area contributed by atoms with Crippen molar-refractivity contribution < 1.29 is 9.47 Å². The molecule has 0 aliphatic rings. The van der Waals surface area contributed by atoms with Crippen molar-refractivity contribution >= 4 is 5.65 Å². The van der Waals surface area contributed by atoms with Gasteiger partial charge in [0.15, 0.2) is 11.5 Å². The van der Waals surface area contributed by atoms with Crippen molar-refractivity contribution in [3.63, 3.8) is 0 Å². The lowest BCUT2D eigenvalue weighted by molar-refractivity contribution is 0.242. The van der Waals surface area contributed by atoms with Gasteiger partial charge in [-0.2, -0.15) is 0 Å². The average molecular weight is 359 g/mol. The average Bonchev–Trinajstić information content (AvgIpc) is 3.11. The fourth-order valence-electron chi connectivity index (χ4n) is 3.07. The van der Waals surface area contributed by atoms with Crippen molar-refractivity contribution in [1.29, 1.82) is 0 Å². The van der Waals surface area contributed by atoms with Crippen LogP contribution in [0.25, 0.3) is 28.2 Å². The van der Waals surface area contributed by atoms with Gasteiger partial charge in [0.25, 0.3) is 0 Å². The Labute approximate surface area is 158 Å². The predicted octanol–water partition coefficient (Wildman–Crippen LogP) is 4.86. The van der Waals surface area contributed by atoms with Gasteiger partial charge in [-0.25, -0.2) is 0 Å². The molecule has 5 heteroatoms. The van der Waals surface area contributed by atoms with Gasteiger partial charge in [0.2, 0.25) is 0 Å². The summed E-state index contributed by atoms with van der Waals surface area (Å²) >= 11 is 0. The fraction of sp³-hybridized carbons (Fsp3) is 0.182. The maximum atomic E-state index is 5.73. The predicted molar refractivity (Wildman–Crippen MR) is 106 cm³/mol. The highest BCUT2D eigenvalue weighted by molar-refractivity contribution is 5.70. The normalized spacial score (nSPS) is 11.1. The van der Waals surface area contributed by atoms with E-state index in [0.717, 1.165) is 39.7 Å². The molecule has 0 aliphatic heterocycles. The number of rotatable bonds is 5. The van der Waals surface area contributed by atoms with Crippen LogP contribution in [0.4, 0.5) is 0 Å². The molecular formula is C22H21N3O2. The molecule has 0 saturated carbocycles. The zero-order chi connectivity index (χ0) is 18.8. The second kappa shape index (κ2) is 7.11. The van der Waals surface area contributed by atoms with Crippen molar-refractivity contribution in [2.24, 2.45) is 0 Å². The van der Waals surface area contributed by atoms with E-state index < -0.39 is 0 Å². The van der Waals surface area contributed by atoms with Gasteiger partial charge in [0, 0.05) is 6.20 Å². The van der Waals surface area contributed by atoms with E-state index in [1.165, 1.54) is 0 Å². The quantitative estimate of drug-likeness (QED) is 0.511. The summed E-state index contributed by atoms with van der Waals surface area (Å²) in [6.07, 6.45) is 2.21. The molecule has 0 radical (unpaired) electrons. The van der Waals surface area contributed by atoms with Crippen LogP contribution in [-0.4, -0.2) is 27.8 Å². The van der Waals surface area contributed by atoms with Gasteiger partial charge in [0.1, 0.15) is 11.5 Å². The fourth-order valence-corrected chi connectivity index (χ4v) is 3.07. The van der Waals surface area contributed by atoms with Crippen molar-refractivity contribution in [3.8, 4) is 34.0 Å². The first-order valence-corrected chi connectivity index (χ1v) is 8.91. The molecule has 0 fully saturated rings. The van der Waals surface area contributed by atoms with Crippen LogP contribution in [-0.2, 0) is 0 Å². The van der Waals surface area contributed by atoms with E-state index in [-0.39, 0.29) is 6.10 Å². The topological polar surface area (TPSA) is 48.7 Å². The number of para-hydroxylation sites is 1. The summed E-state index contributed by atoms with van der Waals surface area (Å²) in [5.74, 6) is 2.39. The van der Waals surface area contributed by atoms with Crippen molar-refractivity contribution in [1.82, 2.24) is 14.6 Å². The molecule has 0 saturated heterocycles. The molecule has 27 heavy (non-hydrogen) atoms. The summed E-state index contributed by atoms with van der Waals surface area (Å²) in [4.78, 5) is 0. The number of aromatic nitrogens is 3. The SMILES string of the molecule is COc1ccccc1-c1nnc2ccc(-c3ccc(OC(C)C)cc3)cn12. The molecule has 136 valence electrons. The number of pyridine rings is 1. The molecule has 2 aromatic carbocycles. The highest BCUT2D eigenvalue weighted by Crippen LogP contribution is 2.30. The molecule has 4 rings (SSSR count). The van der Waals surface area contributed by atoms with Crippen LogP contribution in [0.2, 0.25) is 0 Å². The monoisotopic (exact) mass is 359 g/mol. The highest BCUT2D eigenvalue weighted by atomic mass is 16.5. The molecular weight excluding hydrogens is 338 g/mol. The lowest BCUT2D eigenvalue weighted by atomic mass is 10.1. The van der Waals surface area contributed by atoms with Crippen LogP contribution >= 0.6 is 0 Å². The van der Waals surface area contributed by atoms with Gasteiger partial charge < -0.3 is 9.47 Å². The number of hydrogen-bond acceptors (Lipinski definition) is 4. The summed E-state index contributed by atoms with van der Waals surface area (Å²) < 4.78 is 13.2. The Morgan fingerprint density at radius 1 is 0.852 bits per heavy atom. The molecule has 2 heterocycles. The third kappa shape index (κ3) is 3.36. The van der Waals surface area contributed by atoms with Crippen LogP contribution in [0, 0.1) is 0 Å². The highest BCUT2D eigenvalue weighted by Gasteiger charge is 2.13. The van der Waals surface area contributed by atoms with Gasteiger partial charge in [-0.1, -0.05) is 24.3 Å². The largest absolute Gasteiger partial charge is 0.496 e. The van der Waals surface area contributed by atoms with Crippen LogP contribution < -0.4 is 9.47 Å². The van der Waals surface area contributed by atoms with Crippen LogP contribution in [0.3, 0.4) is 0 Å². The second-order valence-corrected chi connectivity index (χ2v) is 6.56. The van der Waals surface area contributed by atoms with E-state index in [2.05, 4.69) is 28.5 Å². The van der Waals surface area contributed by atoms with Gasteiger partial charge in [-0.15, -0.1) is 10.2 Å². The third-order valence-electron chi connectivity index (χ3n) is 4.31. The van der Waals surface area contributed by atoms with Gasteiger partial charge in [0.05, 0.1) is 18.8 Å². The third-order valence-corrected chi connectivity index (χ3v) is 4.31. The molecule has 0 aliphatic carbocycles. The zero-order valence-electron chi connectivity index (χ0n) is 15.6. The lowest BCUT2D eigenvalue weighted by Crippen LogP contribution is -2.05. The Kier molecular flexibility index (Phi) is 4.50. The number of ether oxygens (including phenoxy) is 2. The Morgan fingerprint density at radius 2 is 1.59 bits per heavy atom. The van der Waals surface area contributed by atoms with E-state index >= 15 is 0 Å². The minimum absolute atomic E-state index is 0.160. The summed E-state index contributed by atoms with van der Waals surface area (Å²) in [7, 11) is 1.66. The number of methoxy groups -OCH3 is 1. The number of benzene rings is 2. The molecule has 0 N–H and O–H groups in total. The first-order valence-electron chi connectivity index (χ1n) is 8.91. The molecule has 5 nitrogen and oxygen atoms in total. The molecule has 4 aromatic rings. The molecule has 0 amide bonds. The summed E-state index contributed by atoms with van der Waals surface area (Å²) in [5, 5.41) is 8.66. The van der Waals surface area contributed by atoms with E-state index in [0.29, 0.717) is 0 Å². The minimum atomic E-state index is 0.160. The zero-order valence-corrected chi connectivity index (χ0v) is 15.6. The van der Waals surface area contributed by atoms with Gasteiger partial charge >= 0.3 is 0 Å². The maximum Gasteiger partial charge on any atom is 0.172 e. The molecule has 0 unspecified atom stereocenters. The van der Waals surface area contributed by atoms with E-state index in [9.17, 15) is 0 Å². The summed E-state index contributed by atoms with van der Waals surface area (Å²) in [6, 6.07) is 20.0. The van der Waals surface area contributed by atoms with E-state index in [1.807, 2.05) is 66.8 Å². The second-order valence-electron chi connectivity index (χ2n) is 6.56. The molecule has 2 aromatic heterocycles. The Morgan fingerprint density at radius 3 is 2.33 bits per heavy atom. The van der Waals surface area contributed by atoms with Crippen LogP contribution in [0.1, 0.15) is 13.8 Å². The molecule has 0 atom stereocenters. The number of fused-ring (bicyclic) bond motifs is 1. The molecule has 0 spiro atoms. The standard InChI is InChI=1S/C22H21N3O2/c1-15(2)27-18-11-8-16(9-12-18)17-10-13-21-23-24-22(25(21)14-17)19-6-4-5-7-20(19)26-3/h4-15H,1-3H3. The van der Waals surface area contributed by atoms with Gasteiger partial charge in [-0.3, -0.25) is 4.40 Å². The first kappa shape index (κ1) is 17.1. The minimum Gasteiger partial charge on any atom is -0.496 e. The summed E-state index contributed by atoms with van der Waals surface area (Å²) in [5.41, 5.74) is 3.88. The van der Waals surface area contributed by atoms with E-state index in [1.54, 1.807) is 7.11 Å². The summed E-state index contributed by atoms with van der Waals surface area (Å²) in [6.45, 7) is 4.04. The Balaban J connectivity index is 1.76. The van der Waals surface area contributed by atoms with Crippen LogP contribution in [0.15, 0.2) is 66.9 Å². The maximum absolute atomic E-state index is 5.73. The van der Waals surface area contributed by atoms with Crippen LogP contribution in [0.5, 0.6) is 11.5 Å². The smallest absolute Gasteiger partial charge is 0.172 e. The van der Waals surface area contributed by atoms with E-state index in [4.69, 9.17) is 9.47 Å². The number of nitrogens with zero attached hydrogens (tertiary/aromatic N) is 3. The molecule has 0 bridgehead atoms. The Bertz CT molecular complexity index is 1070. The Hall–Kier alpha value is -3.34. The van der Waals surface area contributed by atoms with Crippen molar-refractivity contribution in [3.05, 3.63) is 66.9 Å². The first-order chi connectivity index (χ1) is 13.2.